The van der Waals surface area contributed by atoms with Crippen LogP contribution in [0.25, 0.3) is 0 Å². The minimum atomic E-state index is 0.148. The SMILES string of the molecule is CCCN(CCOC)CC(=O)N(C)C. The summed E-state index contributed by atoms with van der Waals surface area (Å²) in [6.45, 7) is 5.05. The molecule has 0 spiro atoms. The van der Waals surface area contributed by atoms with E-state index in [0.29, 0.717) is 13.2 Å². The van der Waals surface area contributed by atoms with E-state index in [1.165, 1.54) is 0 Å². The van der Waals surface area contributed by atoms with Crippen molar-refractivity contribution in [3.63, 3.8) is 0 Å². The molecule has 0 rings (SSSR count). The molecule has 0 unspecified atom stereocenters. The Bertz CT molecular complexity index is 160. The Balaban J connectivity index is 3.88. The zero-order valence-electron chi connectivity index (χ0n) is 9.75. The van der Waals surface area contributed by atoms with Crippen LogP contribution in [0.4, 0.5) is 0 Å². The number of rotatable bonds is 7. The highest BCUT2D eigenvalue weighted by Crippen LogP contribution is 1.93. The molecular weight excluding hydrogens is 180 g/mol. The number of carbonyl (C=O) groups excluding carboxylic acids is 1. The quantitative estimate of drug-likeness (QED) is 0.600. The topological polar surface area (TPSA) is 32.8 Å². The molecular formula is C10H22N2O2. The fraction of sp³-hybridized carbons (Fsp3) is 0.900. The van der Waals surface area contributed by atoms with Crippen LogP contribution in [0, 0.1) is 0 Å². The van der Waals surface area contributed by atoms with E-state index in [2.05, 4.69) is 11.8 Å². The number of methoxy groups -OCH3 is 1. The van der Waals surface area contributed by atoms with E-state index in [9.17, 15) is 4.79 Å². The van der Waals surface area contributed by atoms with Crippen LogP contribution in [0.5, 0.6) is 0 Å². The first kappa shape index (κ1) is 13.4. The molecule has 0 aliphatic carbocycles. The van der Waals surface area contributed by atoms with Crippen molar-refractivity contribution < 1.29 is 9.53 Å². The fourth-order valence-corrected chi connectivity index (χ4v) is 1.14. The van der Waals surface area contributed by atoms with Gasteiger partial charge in [-0.3, -0.25) is 9.69 Å². The maximum atomic E-state index is 11.4. The van der Waals surface area contributed by atoms with Gasteiger partial charge in [0.25, 0.3) is 0 Å². The van der Waals surface area contributed by atoms with E-state index in [1.54, 1.807) is 26.1 Å². The maximum absolute atomic E-state index is 11.4. The van der Waals surface area contributed by atoms with E-state index in [1.807, 2.05) is 0 Å². The molecule has 14 heavy (non-hydrogen) atoms. The van der Waals surface area contributed by atoms with E-state index < -0.39 is 0 Å². The van der Waals surface area contributed by atoms with Crippen LogP contribution >= 0.6 is 0 Å². The summed E-state index contributed by atoms with van der Waals surface area (Å²) in [7, 11) is 5.24. The number of amides is 1. The minimum absolute atomic E-state index is 0.148. The standard InChI is InChI=1S/C10H22N2O2/c1-5-6-12(7-8-14-4)9-10(13)11(2)3/h5-9H2,1-4H3. The van der Waals surface area contributed by atoms with Gasteiger partial charge in [-0.25, -0.2) is 0 Å². The van der Waals surface area contributed by atoms with Gasteiger partial charge >= 0.3 is 0 Å². The zero-order chi connectivity index (χ0) is 11.0. The molecule has 0 heterocycles. The third kappa shape index (κ3) is 5.94. The van der Waals surface area contributed by atoms with Crippen LogP contribution in [-0.2, 0) is 9.53 Å². The third-order valence-electron chi connectivity index (χ3n) is 2.01. The molecule has 0 aromatic heterocycles. The summed E-state index contributed by atoms with van der Waals surface area (Å²) in [5.74, 6) is 0.148. The molecule has 0 bridgehead atoms. The van der Waals surface area contributed by atoms with Crippen molar-refractivity contribution in [2.45, 2.75) is 13.3 Å². The summed E-state index contributed by atoms with van der Waals surface area (Å²) in [5.41, 5.74) is 0. The molecule has 0 aromatic rings. The van der Waals surface area contributed by atoms with Crippen molar-refractivity contribution in [1.82, 2.24) is 9.80 Å². The molecule has 1 amide bonds. The minimum Gasteiger partial charge on any atom is -0.383 e. The number of hydrogen-bond donors (Lipinski definition) is 0. The van der Waals surface area contributed by atoms with E-state index in [4.69, 9.17) is 4.74 Å². The Morgan fingerprint density at radius 2 is 1.93 bits per heavy atom. The summed E-state index contributed by atoms with van der Waals surface area (Å²) >= 11 is 0. The molecule has 4 nitrogen and oxygen atoms in total. The predicted octanol–water partition coefficient (Wildman–Crippen LogP) is 0.433. The molecule has 0 saturated carbocycles. The van der Waals surface area contributed by atoms with Crippen molar-refractivity contribution >= 4 is 5.91 Å². The molecule has 4 heteroatoms. The normalized spacial score (nSPS) is 10.6. The molecule has 0 radical (unpaired) electrons. The molecule has 0 aliphatic heterocycles. The van der Waals surface area contributed by atoms with Crippen LogP contribution in [0.3, 0.4) is 0 Å². The zero-order valence-corrected chi connectivity index (χ0v) is 9.75. The van der Waals surface area contributed by atoms with Crippen molar-refractivity contribution in [2.24, 2.45) is 0 Å². The van der Waals surface area contributed by atoms with Gasteiger partial charge in [0.1, 0.15) is 0 Å². The number of nitrogens with zero attached hydrogens (tertiary/aromatic N) is 2. The van der Waals surface area contributed by atoms with Gasteiger partial charge in [-0.05, 0) is 13.0 Å². The molecule has 0 aromatic carbocycles. The van der Waals surface area contributed by atoms with Crippen LogP contribution < -0.4 is 0 Å². The molecule has 0 fully saturated rings. The first-order chi connectivity index (χ1) is 6.61. The first-order valence-electron chi connectivity index (χ1n) is 5.03. The second-order valence-electron chi connectivity index (χ2n) is 3.56. The van der Waals surface area contributed by atoms with E-state index in [-0.39, 0.29) is 5.91 Å². The van der Waals surface area contributed by atoms with E-state index >= 15 is 0 Å². The maximum Gasteiger partial charge on any atom is 0.236 e. The molecule has 0 atom stereocenters. The summed E-state index contributed by atoms with van der Waals surface area (Å²) in [4.78, 5) is 15.2. The molecule has 0 N–H and O–H groups in total. The van der Waals surface area contributed by atoms with Gasteiger partial charge < -0.3 is 9.64 Å². The van der Waals surface area contributed by atoms with Crippen molar-refractivity contribution in [3.05, 3.63) is 0 Å². The lowest BCUT2D eigenvalue weighted by Gasteiger charge is -2.22. The average molecular weight is 202 g/mol. The summed E-state index contributed by atoms with van der Waals surface area (Å²) < 4.78 is 4.99. The van der Waals surface area contributed by atoms with Gasteiger partial charge in [-0.1, -0.05) is 6.92 Å². The average Bonchev–Trinajstić information content (AvgIpc) is 2.14. The largest absolute Gasteiger partial charge is 0.383 e. The molecule has 84 valence electrons. The van der Waals surface area contributed by atoms with Gasteiger partial charge in [0.05, 0.1) is 13.2 Å². The lowest BCUT2D eigenvalue weighted by molar-refractivity contribution is -0.130. The summed E-state index contributed by atoms with van der Waals surface area (Å²) in [6.07, 6.45) is 1.06. The van der Waals surface area contributed by atoms with Crippen LogP contribution in [0.1, 0.15) is 13.3 Å². The van der Waals surface area contributed by atoms with Gasteiger partial charge in [-0.15, -0.1) is 0 Å². The van der Waals surface area contributed by atoms with Gasteiger partial charge in [0, 0.05) is 27.7 Å². The molecule has 0 aliphatic rings. The smallest absolute Gasteiger partial charge is 0.236 e. The second-order valence-corrected chi connectivity index (χ2v) is 3.56. The first-order valence-corrected chi connectivity index (χ1v) is 5.03. The lowest BCUT2D eigenvalue weighted by atomic mass is 10.4. The van der Waals surface area contributed by atoms with Gasteiger partial charge in [-0.2, -0.15) is 0 Å². The van der Waals surface area contributed by atoms with Gasteiger partial charge in [0.15, 0.2) is 0 Å². The van der Waals surface area contributed by atoms with Crippen LogP contribution in [0.15, 0.2) is 0 Å². The lowest BCUT2D eigenvalue weighted by Crippen LogP contribution is -2.38. The Morgan fingerprint density at radius 1 is 1.29 bits per heavy atom. The predicted molar refractivity (Wildman–Crippen MR) is 57.3 cm³/mol. The fourth-order valence-electron chi connectivity index (χ4n) is 1.14. The second kappa shape index (κ2) is 7.76. The monoisotopic (exact) mass is 202 g/mol. The third-order valence-corrected chi connectivity index (χ3v) is 2.01. The summed E-state index contributed by atoms with van der Waals surface area (Å²) in [6, 6.07) is 0. The Morgan fingerprint density at radius 3 is 2.36 bits per heavy atom. The number of carbonyl (C=O) groups is 1. The Labute approximate surface area is 86.8 Å². The van der Waals surface area contributed by atoms with E-state index in [0.717, 1.165) is 19.5 Å². The van der Waals surface area contributed by atoms with Crippen molar-refractivity contribution in [2.75, 3.05) is 47.4 Å². The molecule has 0 saturated heterocycles. The van der Waals surface area contributed by atoms with Crippen LogP contribution in [0.2, 0.25) is 0 Å². The van der Waals surface area contributed by atoms with Crippen molar-refractivity contribution in [1.29, 1.82) is 0 Å². The Kier molecular flexibility index (Phi) is 7.42. The van der Waals surface area contributed by atoms with Crippen molar-refractivity contribution in [3.8, 4) is 0 Å². The Hall–Kier alpha value is -0.610. The van der Waals surface area contributed by atoms with Crippen LogP contribution in [-0.4, -0.2) is 63.2 Å². The summed E-state index contributed by atoms with van der Waals surface area (Å²) in [5, 5.41) is 0. The highest BCUT2D eigenvalue weighted by Gasteiger charge is 2.10. The number of likely N-dealkylation sites (N-methyl/N-ethyl adjacent to an activating group) is 1. The highest BCUT2D eigenvalue weighted by molar-refractivity contribution is 5.77. The highest BCUT2D eigenvalue weighted by atomic mass is 16.5. The number of hydrogen-bond acceptors (Lipinski definition) is 3. The van der Waals surface area contributed by atoms with Gasteiger partial charge in [0.2, 0.25) is 5.91 Å². The number of ether oxygens (including phenoxy) is 1.